The Bertz CT molecular complexity index is 951. The Balaban J connectivity index is 2.10. The SMILES string of the molecule is CCCCCCN1C(=O)C(=O)C(=C(O)c2ccccc2)C1c1ccc(O)c(OC)c1. The number of ketones is 1. The van der Waals surface area contributed by atoms with E-state index >= 15 is 0 Å². The third kappa shape index (κ3) is 4.17. The molecule has 0 bridgehead atoms. The number of unbranched alkanes of at least 4 members (excludes halogenated alkanes) is 3. The lowest BCUT2D eigenvalue weighted by molar-refractivity contribution is -0.139. The van der Waals surface area contributed by atoms with Crippen LogP contribution in [0.2, 0.25) is 0 Å². The number of aromatic hydroxyl groups is 1. The summed E-state index contributed by atoms with van der Waals surface area (Å²) in [6.45, 7) is 2.51. The predicted molar refractivity (Wildman–Crippen MR) is 114 cm³/mol. The summed E-state index contributed by atoms with van der Waals surface area (Å²) in [5, 5.41) is 20.9. The van der Waals surface area contributed by atoms with Crippen LogP contribution in [0.25, 0.3) is 5.76 Å². The molecule has 158 valence electrons. The number of hydrogen-bond donors (Lipinski definition) is 2. The van der Waals surface area contributed by atoms with Gasteiger partial charge in [-0.05, 0) is 24.1 Å². The van der Waals surface area contributed by atoms with Crippen LogP contribution in [-0.2, 0) is 9.59 Å². The van der Waals surface area contributed by atoms with Crippen molar-refractivity contribution in [2.24, 2.45) is 0 Å². The molecule has 0 spiro atoms. The summed E-state index contributed by atoms with van der Waals surface area (Å²) in [6.07, 6.45) is 3.82. The number of Topliss-reactive ketones (excluding diaryl/α,β-unsaturated/α-hetero) is 1. The van der Waals surface area contributed by atoms with Crippen molar-refractivity contribution in [2.45, 2.75) is 38.6 Å². The fourth-order valence-corrected chi connectivity index (χ4v) is 3.78. The maximum atomic E-state index is 12.9. The van der Waals surface area contributed by atoms with Crippen molar-refractivity contribution in [1.82, 2.24) is 4.90 Å². The molecule has 0 aromatic heterocycles. The van der Waals surface area contributed by atoms with Crippen molar-refractivity contribution in [1.29, 1.82) is 0 Å². The normalized spacial score (nSPS) is 18.1. The molecule has 2 aromatic carbocycles. The van der Waals surface area contributed by atoms with Crippen molar-refractivity contribution in [3.63, 3.8) is 0 Å². The van der Waals surface area contributed by atoms with Crippen LogP contribution in [0.15, 0.2) is 54.1 Å². The minimum Gasteiger partial charge on any atom is -0.507 e. The number of amides is 1. The minimum atomic E-state index is -0.749. The molecule has 2 aromatic rings. The number of methoxy groups -OCH3 is 1. The molecule has 1 atom stereocenters. The number of carbonyl (C=O) groups excluding carboxylic acids is 2. The minimum absolute atomic E-state index is 0.0378. The Morgan fingerprint density at radius 1 is 1.07 bits per heavy atom. The number of ether oxygens (including phenoxy) is 1. The van der Waals surface area contributed by atoms with Gasteiger partial charge in [-0.3, -0.25) is 9.59 Å². The Morgan fingerprint density at radius 3 is 2.47 bits per heavy atom. The van der Waals surface area contributed by atoms with Gasteiger partial charge < -0.3 is 19.8 Å². The molecule has 6 nitrogen and oxygen atoms in total. The molecule has 6 heteroatoms. The van der Waals surface area contributed by atoms with Gasteiger partial charge in [-0.25, -0.2) is 0 Å². The van der Waals surface area contributed by atoms with Crippen LogP contribution in [0, 0.1) is 0 Å². The topological polar surface area (TPSA) is 87.1 Å². The molecule has 3 rings (SSSR count). The molecule has 1 aliphatic heterocycles. The zero-order chi connectivity index (χ0) is 21.7. The number of rotatable bonds is 8. The van der Waals surface area contributed by atoms with E-state index in [9.17, 15) is 19.8 Å². The van der Waals surface area contributed by atoms with E-state index in [4.69, 9.17) is 4.74 Å². The molecule has 1 heterocycles. The highest BCUT2D eigenvalue weighted by Gasteiger charge is 2.45. The summed E-state index contributed by atoms with van der Waals surface area (Å²) in [6, 6.07) is 12.7. The average Bonchev–Trinajstić information content (AvgIpc) is 3.02. The van der Waals surface area contributed by atoms with Gasteiger partial charge in [0.15, 0.2) is 11.5 Å². The summed E-state index contributed by atoms with van der Waals surface area (Å²) in [5.41, 5.74) is 1.11. The van der Waals surface area contributed by atoms with Crippen LogP contribution >= 0.6 is 0 Å². The number of likely N-dealkylation sites (tertiary alicyclic amines) is 1. The second kappa shape index (κ2) is 9.48. The van der Waals surface area contributed by atoms with Crippen LogP contribution in [-0.4, -0.2) is 40.5 Å². The van der Waals surface area contributed by atoms with Crippen LogP contribution in [0.3, 0.4) is 0 Å². The van der Waals surface area contributed by atoms with E-state index in [-0.39, 0.29) is 22.8 Å². The molecule has 1 amide bonds. The largest absolute Gasteiger partial charge is 0.507 e. The van der Waals surface area contributed by atoms with E-state index in [1.165, 1.54) is 18.1 Å². The molecule has 0 aliphatic carbocycles. The summed E-state index contributed by atoms with van der Waals surface area (Å²) < 4.78 is 5.21. The van der Waals surface area contributed by atoms with Crippen molar-refractivity contribution < 1.29 is 24.5 Å². The number of phenolic OH excluding ortho intramolecular Hbond substituents is 1. The van der Waals surface area contributed by atoms with Gasteiger partial charge in [0, 0.05) is 12.1 Å². The third-order valence-corrected chi connectivity index (χ3v) is 5.36. The lowest BCUT2D eigenvalue weighted by Gasteiger charge is -2.25. The molecule has 0 radical (unpaired) electrons. The zero-order valence-electron chi connectivity index (χ0n) is 17.3. The number of aliphatic hydroxyl groups is 1. The number of hydrogen-bond acceptors (Lipinski definition) is 5. The summed E-state index contributed by atoms with van der Waals surface area (Å²) >= 11 is 0. The Kier molecular flexibility index (Phi) is 6.77. The number of phenols is 1. The molecule has 1 fully saturated rings. The van der Waals surface area contributed by atoms with Gasteiger partial charge in [0.25, 0.3) is 11.7 Å². The van der Waals surface area contributed by atoms with Gasteiger partial charge in [-0.15, -0.1) is 0 Å². The maximum Gasteiger partial charge on any atom is 0.295 e. The summed E-state index contributed by atoms with van der Waals surface area (Å²) in [7, 11) is 1.44. The predicted octanol–water partition coefficient (Wildman–Crippen LogP) is 4.40. The van der Waals surface area contributed by atoms with Gasteiger partial charge in [0.1, 0.15) is 5.76 Å². The molecule has 0 saturated carbocycles. The second-order valence-corrected chi connectivity index (χ2v) is 7.35. The van der Waals surface area contributed by atoms with Crippen molar-refractivity contribution in [2.75, 3.05) is 13.7 Å². The number of aliphatic hydroxyl groups excluding tert-OH is 1. The van der Waals surface area contributed by atoms with Crippen LogP contribution in [0.5, 0.6) is 11.5 Å². The molecule has 30 heavy (non-hydrogen) atoms. The van der Waals surface area contributed by atoms with Crippen molar-refractivity contribution in [3.8, 4) is 11.5 Å². The first-order valence-corrected chi connectivity index (χ1v) is 10.2. The molecule has 1 aliphatic rings. The molecule has 2 N–H and O–H groups in total. The fourth-order valence-electron chi connectivity index (χ4n) is 3.78. The van der Waals surface area contributed by atoms with Crippen LogP contribution in [0.4, 0.5) is 0 Å². The van der Waals surface area contributed by atoms with Crippen molar-refractivity contribution in [3.05, 3.63) is 65.2 Å². The zero-order valence-corrected chi connectivity index (χ0v) is 17.3. The van der Waals surface area contributed by atoms with Gasteiger partial charge in [-0.1, -0.05) is 62.6 Å². The maximum absolute atomic E-state index is 12.9. The molecule has 1 saturated heterocycles. The van der Waals surface area contributed by atoms with E-state index in [1.54, 1.807) is 36.4 Å². The monoisotopic (exact) mass is 409 g/mol. The smallest absolute Gasteiger partial charge is 0.295 e. The highest BCUT2D eigenvalue weighted by atomic mass is 16.5. The van der Waals surface area contributed by atoms with E-state index < -0.39 is 17.7 Å². The number of benzene rings is 2. The van der Waals surface area contributed by atoms with Gasteiger partial charge >= 0.3 is 0 Å². The number of nitrogens with zero attached hydrogens (tertiary/aromatic N) is 1. The standard InChI is InChI=1S/C24H27NO5/c1-3-4-5-9-14-25-21(17-12-13-18(26)19(15-17)30-2)20(23(28)24(25)29)22(27)16-10-7-6-8-11-16/h6-8,10-13,15,21,26-27H,3-5,9,14H2,1-2H3. The molecular weight excluding hydrogens is 382 g/mol. The first-order chi connectivity index (χ1) is 14.5. The molecule has 1 unspecified atom stereocenters. The van der Waals surface area contributed by atoms with Crippen molar-refractivity contribution >= 4 is 17.4 Å². The Morgan fingerprint density at radius 2 is 1.80 bits per heavy atom. The quantitative estimate of drug-likeness (QED) is 0.292. The van der Waals surface area contributed by atoms with Crippen LogP contribution in [0.1, 0.15) is 49.8 Å². The average molecular weight is 409 g/mol. The Hall–Kier alpha value is -3.28. The highest BCUT2D eigenvalue weighted by molar-refractivity contribution is 6.46. The number of carbonyl (C=O) groups is 2. The first kappa shape index (κ1) is 21.4. The summed E-state index contributed by atoms with van der Waals surface area (Å²) in [4.78, 5) is 27.3. The first-order valence-electron chi connectivity index (χ1n) is 10.2. The third-order valence-electron chi connectivity index (χ3n) is 5.36. The lowest BCUT2D eigenvalue weighted by Crippen LogP contribution is -2.30. The lowest BCUT2D eigenvalue weighted by atomic mass is 9.95. The van der Waals surface area contributed by atoms with Crippen LogP contribution < -0.4 is 4.74 Å². The van der Waals surface area contributed by atoms with Gasteiger partial charge in [0.2, 0.25) is 0 Å². The summed E-state index contributed by atoms with van der Waals surface area (Å²) in [5.74, 6) is -1.33. The second-order valence-electron chi connectivity index (χ2n) is 7.35. The fraction of sp³-hybridized carbons (Fsp3) is 0.333. The van der Waals surface area contributed by atoms with Gasteiger partial charge in [-0.2, -0.15) is 0 Å². The van der Waals surface area contributed by atoms with E-state index in [1.807, 2.05) is 6.07 Å². The Labute approximate surface area is 176 Å². The van der Waals surface area contributed by atoms with Gasteiger partial charge in [0.05, 0.1) is 18.7 Å². The van der Waals surface area contributed by atoms with E-state index in [0.717, 1.165) is 25.7 Å². The molecular formula is C24H27NO5. The van der Waals surface area contributed by atoms with E-state index in [0.29, 0.717) is 17.7 Å². The van der Waals surface area contributed by atoms with E-state index in [2.05, 4.69) is 6.92 Å². The highest BCUT2D eigenvalue weighted by Crippen LogP contribution is 2.41.